The molecule has 5 heteroatoms. The molecule has 0 aliphatic heterocycles. The zero-order chi connectivity index (χ0) is 16.7. The van der Waals surface area contributed by atoms with Crippen molar-refractivity contribution in [3.63, 3.8) is 0 Å². The third-order valence-corrected chi connectivity index (χ3v) is 2.92. The molecule has 0 aliphatic carbocycles. The van der Waals surface area contributed by atoms with E-state index in [1.54, 1.807) is 18.0 Å². The van der Waals surface area contributed by atoms with Crippen molar-refractivity contribution in [1.82, 2.24) is 9.55 Å². The standard InChI is InChI=1S/C15H18N4O.C2H6/c1-5-16-13-14(18(3)4)17-10-19(15(13)20)12-8-6-11(2)7-9-12;1-2/h5-10H,1-4H3;1-2H3. The topological polar surface area (TPSA) is 50.5 Å². The van der Waals surface area contributed by atoms with Crippen LogP contribution >= 0.6 is 0 Å². The summed E-state index contributed by atoms with van der Waals surface area (Å²) in [6.07, 6.45) is 3.14. The van der Waals surface area contributed by atoms with E-state index in [0.717, 1.165) is 11.3 Å². The molecule has 0 bridgehead atoms. The van der Waals surface area contributed by atoms with E-state index in [9.17, 15) is 4.79 Å². The van der Waals surface area contributed by atoms with Crippen molar-refractivity contribution in [3.8, 4) is 5.69 Å². The zero-order valence-electron chi connectivity index (χ0n) is 14.2. The Morgan fingerprint density at radius 1 is 1.18 bits per heavy atom. The van der Waals surface area contributed by atoms with E-state index in [1.807, 2.05) is 59.1 Å². The maximum Gasteiger partial charge on any atom is 0.285 e. The van der Waals surface area contributed by atoms with Gasteiger partial charge in [-0.15, -0.1) is 0 Å². The summed E-state index contributed by atoms with van der Waals surface area (Å²) in [5.41, 5.74) is 2.10. The van der Waals surface area contributed by atoms with E-state index in [0.29, 0.717) is 11.5 Å². The number of rotatable bonds is 3. The first-order valence-electron chi connectivity index (χ1n) is 7.39. The van der Waals surface area contributed by atoms with Gasteiger partial charge in [0.2, 0.25) is 0 Å². The maximum absolute atomic E-state index is 12.6. The molecule has 2 aromatic rings. The Balaban J connectivity index is 0.00000116. The molecule has 0 spiro atoms. The molecule has 5 nitrogen and oxygen atoms in total. The number of aliphatic imine (C=N–C) groups is 1. The molecule has 1 aromatic carbocycles. The second-order valence-corrected chi connectivity index (χ2v) is 4.71. The largest absolute Gasteiger partial charge is 0.361 e. The van der Waals surface area contributed by atoms with Gasteiger partial charge in [-0.25, -0.2) is 4.98 Å². The van der Waals surface area contributed by atoms with Gasteiger partial charge in [-0.2, -0.15) is 0 Å². The van der Waals surface area contributed by atoms with Crippen molar-refractivity contribution < 1.29 is 0 Å². The predicted molar refractivity (Wildman–Crippen MR) is 94.1 cm³/mol. The van der Waals surface area contributed by atoms with Crippen molar-refractivity contribution in [2.75, 3.05) is 19.0 Å². The fourth-order valence-electron chi connectivity index (χ4n) is 1.89. The summed E-state index contributed by atoms with van der Waals surface area (Å²) >= 11 is 0. The minimum Gasteiger partial charge on any atom is -0.361 e. The molecule has 22 heavy (non-hydrogen) atoms. The van der Waals surface area contributed by atoms with E-state index in [1.165, 1.54) is 10.9 Å². The number of benzene rings is 1. The van der Waals surface area contributed by atoms with Crippen LogP contribution in [0.25, 0.3) is 5.69 Å². The highest BCUT2D eigenvalue weighted by Gasteiger charge is 2.13. The second kappa shape index (κ2) is 8.12. The van der Waals surface area contributed by atoms with Crippen LogP contribution in [-0.4, -0.2) is 29.9 Å². The summed E-state index contributed by atoms with van der Waals surface area (Å²) in [5, 5.41) is 0. The van der Waals surface area contributed by atoms with Crippen LogP contribution in [0.5, 0.6) is 0 Å². The lowest BCUT2D eigenvalue weighted by Crippen LogP contribution is -2.22. The monoisotopic (exact) mass is 300 g/mol. The Bertz CT molecular complexity index is 685. The molecule has 0 atom stereocenters. The lowest BCUT2D eigenvalue weighted by Gasteiger charge is -2.15. The van der Waals surface area contributed by atoms with Crippen molar-refractivity contribution >= 4 is 17.7 Å². The summed E-state index contributed by atoms with van der Waals surface area (Å²) in [6, 6.07) is 7.72. The zero-order valence-corrected chi connectivity index (χ0v) is 14.2. The minimum atomic E-state index is -0.175. The fourth-order valence-corrected chi connectivity index (χ4v) is 1.89. The summed E-state index contributed by atoms with van der Waals surface area (Å²) in [7, 11) is 3.68. The number of hydrogen-bond acceptors (Lipinski definition) is 4. The van der Waals surface area contributed by atoms with Crippen molar-refractivity contribution in [1.29, 1.82) is 0 Å². The van der Waals surface area contributed by atoms with Gasteiger partial charge in [0.25, 0.3) is 5.56 Å². The van der Waals surface area contributed by atoms with Crippen molar-refractivity contribution in [2.24, 2.45) is 4.99 Å². The quantitative estimate of drug-likeness (QED) is 0.817. The predicted octanol–water partition coefficient (Wildman–Crippen LogP) is 3.36. The van der Waals surface area contributed by atoms with Gasteiger partial charge in [-0.3, -0.25) is 14.4 Å². The Morgan fingerprint density at radius 3 is 2.27 bits per heavy atom. The van der Waals surface area contributed by atoms with Crippen molar-refractivity contribution in [3.05, 3.63) is 46.5 Å². The van der Waals surface area contributed by atoms with E-state index >= 15 is 0 Å². The highest BCUT2D eigenvalue weighted by atomic mass is 16.1. The molecule has 0 N–H and O–H groups in total. The van der Waals surface area contributed by atoms with Gasteiger partial charge in [0.05, 0.1) is 5.69 Å². The summed E-state index contributed by atoms with van der Waals surface area (Å²) < 4.78 is 1.51. The van der Waals surface area contributed by atoms with Gasteiger partial charge in [-0.1, -0.05) is 31.5 Å². The van der Waals surface area contributed by atoms with E-state index in [-0.39, 0.29) is 5.56 Å². The van der Waals surface area contributed by atoms with E-state index in [2.05, 4.69) is 9.98 Å². The summed E-state index contributed by atoms with van der Waals surface area (Å²) in [6.45, 7) is 7.79. The number of nitrogens with zero attached hydrogens (tertiary/aromatic N) is 4. The van der Waals surface area contributed by atoms with Crippen LogP contribution in [0, 0.1) is 6.92 Å². The van der Waals surface area contributed by atoms with Gasteiger partial charge in [0, 0.05) is 20.3 Å². The molecule has 118 valence electrons. The SMILES string of the molecule is CC.CC=Nc1c(N(C)C)ncn(-c2ccc(C)cc2)c1=O. The number of aryl methyl sites for hydroxylation is 1. The number of hydrogen-bond donors (Lipinski definition) is 0. The molecule has 0 aliphatic rings. The highest BCUT2D eigenvalue weighted by molar-refractivity contribution is 5.68. The first kappa shape index (κ1) is 17.6. The second-order valence-electron chi connectivity index (χ2n) is 4.71. The molecule has 0 saturated heterocycles. The maximum atomic E-state index is 12.6. The molecular formula is C17H24N4O. The Morgan fingerprint density at radius 2 is 1.77 bits per heavy atom. The molecule has 2 rings (SSSR count). The van der Waals surface area contributed by atoms with Gasteiger partial charge in [0.15, 0.2) is 11.5 Å². The first-order chi connectivity index (χ1) is 10.5. The normalized spacial score (nSPS) is 10.3. The van der Waals surface area contributed by atoms with E-state index < -0.39 is 0 Å². The minimum absolute atomic E-state index is 0.175. The molecule has 0 unspecified atom stereocenters. The lowest BCUT2D eigenvalue weighted by molar-refractivity contribution is 0.914. The third-order valence-electron chi connectivity index (χ3n) is 2.92. The average Bonchev–Trinajstić information content (AvgIpc) is 2.52. The Kier molecular flexibility index (Phi) is 6.50. The first-order valence-corrected chi connectivity index (χ1v) is 7.39. The Labute approximate surface area is 132 Å². The van der Waals surface area contributed by atoms with Crippen LogP contribution in [0.4, 0.5) is 11.5 Å². The van der Waals surface area contributed by atoms with Gasteiger partial charge in [-0.05, 0) is 26.0 Å². The summed E-state index contributed by atoms with van der Waals surface area (Å²) in [4.78, 5) is 22.8. The lowest BCUT2D eigenvalue weighted by atomic mass is 10.2. The average molecular weight is 300 g/mol. The molecule has 1 heterocycles. The molecule has 0 radical (unpaired) electrons. The number of aromatic nitrogens is 2. The third kappa shape index (κ3) is 3.81. The van der Waals surface area contributed by atoms with Gasteiger partial charge >= 0.3 is 0 Å². The molecule has 1 aromatic heterocycles. The van der Waals surface area contributed by atoms with E-state index in [4.69, 9.17) is 0 Å². The highest BCUT2D eigenvalue weighted by Crippen LogP contribution is 2.20. The van der Waals surface area contributed by atoms with Crippen LogP contribution in [0.15, 0.2) is 40.4 Å². The van der Waals surface area contributed by atoms with Crippen LogP contribution < -0.4 is 10.5 Å². The molecular weight excluding hydrogens is 276 g/mol. The number of anilines is 1. The van der Waals surface area contributed by atoms with Crippen LogP contribution in [0.2, 0.25) is 0 Å². The Hall–Kier alpha value is -2.43. The smallest absolute Gasteiger partial charge is 0.285 e. The van der Waals surface area contributed by atoms with Gasteiger partial charge in [0.1, 0.15) is 6.33 Å². The molecule has 0 amide bonds. The summed E-state index contributed by atoms with van der Waals surface area (Å²) in [5.74, 6) is 0.566. The van der Waals surface area contributed by atoms with Crippen molar-refractivity contribution in [2.45, 2.75) is 27.7 Å². The fraction of sp³-hybridized carbons (Fsp3) is 0.353. The molecule has 0 saturated carbocycles. The van der Waals surface area contributed by atoms with Crippen LogP contribution in [0.3, 0.4) is 0 Å². The van der Waals surface area contributed by atoms with Crippen LogP contribution in [-0.2, 0) is 0 Å². The van der Waals surface area contributed by atoms with Crippen LogP contribution in [0.1, 0.15) is 26.3 Å². The van der Waals surface area contributed by atoms with Gasteiger partial charge < -0.3 is 4.90 Å². The molecule has 0 fully saturated rings.